The summed E-state index contributed by atoms with van der Waals surface area (Å²) >= 11 is 0. The van der Waals surface area contributed by atoms with Gasteiger partial charge in [0, 0.05) is 12.2 Å². The summed E-state index contributed by atoms with van der Waals surface area (Å²) in [5, 5.41) is 0. The van der Waals surface area contributed by atoms with Gasteiger partial charge in [0.05, 0.1) is 51.8 Å². The third-order valence-corrected chi connectivity index (χ3v) is 6.88. The van der Waals surface area contributed by atoms with Crippen molar-refractivity contribution < 1.29 is 57.2 Å². The first-order valence-electron chi connectivity index (χ1n) is 16.1. The zero-order valence-electron chi connectivity index (χ0n) is 28.0. The molecule has 0 unspecified atom stereocenters. The second-order valence-electron chi connectivity index (χ2n) is 10.7. The predicted octanol–water partition coefficient (Wildman–Crippen LogP) is 5.67. The Morgan fingerprint density at radius 3 is 1.12 bits per heavy atom. The summed E-state index contributed by atoms with van der Waals surface area (Å²) in [6, 6.07) is 13.3. The number of esters is 6. The third kappa shape index (κ3) is 18.0. The van der Waals surface area contributed by atoms with Crippen molar-refractivity contribution in [3.05, 3.63) is 82.9 Å². The number of carbonyl (C=O) groups excluding carboxylic acids is 6. The Morgan fingerprint density at radius 2 is 0.796 bits per heavy atom. The van der Waals surface area contributed by atoms with Crippen molar-refractivity contribution in [1.82, 2.24) is 0 Å². The first-order valence-corrected chi connectivity index (χ1v) is 16.1. The highest BCUT2D eigenvalue weighted by Gasteiger charge is 2.12. The largest absolute Gasteiger partial charge is 0.466 e. The lowest BCUT2D eigenvalue weighted by Crippen LogP contribution is -2.15. The second kappa shape index (κ2) is 24.0. The van der Waals surface area contributed by atoms with Crippen LogP contribution in [0.15, 0.2) is 60.7 Å². The van der Waals surface area contributed by atoms with Gasteiger partial charge >= 0.3 is 35.8 Å². The molecule has 0 aliphatic rings. The fourth-order valence-electron chi connectivity index (χ4n) is 4.13. The van der Waals surface area contributed by atoms with E-state index in [0.29, 0.717) is 36.8 Å². The monoisotopic (exact) mass is 680 g/mol. The van der Waals surface area contributed by atoms with Crippen molar-refractivity contribution in [2.75, 3.05) is 40.6 Å². The van der Waals surface area contributed by atoms with Gasteiger partial charge < -0.3 is 28.4 Å². The topological polar surface area (TPSA) is 158 Å². The summed E-state index contributed by atoms with van der Waals surface area (Å²) < 4.78 is 29.8. The molecule has 2 aromatic rings. The third-order valence-electron chi connectivity index (χ3n) is 6.88. The fourth-order valence-corrected chi connectivity index (χ4v) is 4.13. The molecule has 0 spiro atoms. The van der Waals surface area contributed by atoms with Crippen molar-refractivity contribution in [3.63, 3.8) is 0 Å². The first-order chi connectivity index (χ1) is 23.7. The molecule has 0 amide bonds. The molecule has 0 aliphatic carbocycles. The average Bonchev–Trinajstić information content (AvgIpc) is 3.11. The molecule has 0 heterocycles. The normalized spacial score (nSPS) is 10.8. The van der Waals surface area contributed by atoms with Crippen LogP contribution in [0.2, 0.25) is 0 Å². The Hall–Kier alpha value is -5.26. The van der Waals surface area contributed by atoms with E-state index in [4.69, 9.17) is 18.9 Å². The lowest BCUT2D eigenvalue weighted by molar-refractivity contribution is -0.154. The maximum absolute atomic E-state index is 12.2. The Labute approximate surface area is 286 Å². The van der Waals surface area contributed by atoms with Crippen LogP contribution >= 0.6 is 0 Å². The van der Waals surface area contributed by atoms with Crippen LogP contribution in [0, 0.1) is 0 Å². The van der Waals surface area contributed by atoms with E-state index in [-0.39, 0.29) is 26.4 Å². The van der Waals surface area contributed by atoms with Gasteiger partial charge in [-0.2, -0.15) is 0 Å². The molecule has 2 rings (SSSR count). The number of unbranched alkanes of at least 4 members (excludes halogenated alkanes) is 6. The average molecular weight is 681 g/mol. The molecule has 0 N–H and O–H groups in total. The maximum Gasteiger partial charge on any atom is 0.338 e. The highest BCUT2D eigenvalue weighted by molar-refractivity contribution is 5.92. The number of hydrogen-bond acceptors (Lipinski definition) is 12. The Kier molecular flexibility index (Phi) is 19.5. The van der Waals surface area contributed by atoms with Gasteiger partial charge in [-0.1, -0.05) is 24.3 Å². The smallest absolute Gasteiger partial charge is 0.338 e. The van der Waals surface area contributed by atoms with Crippen LogP contribution in [0.5, 0.6) is 0 Å². The van der Waals surface area contributed by atoms with Crippen LogP contribution in [0.25, 0.3) is 12.2 Å². The number of rotatable bonds is 22. The second-order valence-corrected chi connectivity index (χ2v) is 10.7. The van der Waals surface area contributed by atoms with E-state index in [9.17, 15) is 28.8 Å². The van der Waals surface area contributed by atoms with Gasteiger partial charge in [0.15, 0.2) is 0 Å². The summed E-state index contributed by atoms with van der Waals surface area (Å²) in [5.74, 6) is -3.08. The highest BCUT2D eigenvalue weighted by atomic mass is 16.6. The molecule has 0 radical (unpaired) electrons. The zero-order valence-corrected chi connectivity index (χ0v) is 28.0. The quantitative estimate of drug-likeness (QED) is 0.0494. The summed E-state index contributed by atoms with van der Waals surface area (Å²) in [4.78, 5) is 70.4. The van der Waals surface area contributed by atoms with Crippen LogP contribution < -0.4 is 0 Å². The maximum atomic E-state index is 12.2. The number of carbonyl (C=O) groups is 6. The highest BCUT2D eigenvalue weighted by Crippen LogP contribution is 2.11. The van der Waals surface area contributed by atoms with Gasteiger partial charge in [0.2, 0.25) is 0 Å². The molecular formula is C37H44O12. The first kappa shape index (κ1) is 39.9. The molecule has 0 saturated heterocycles. The molecule has 264 valence electrons. The van der Waals surface area contributed by atoms with Gasteiger partial charge in [0.25, 0.3) is 0 Å². The van der Waals surface area contributed by atoms with E-state index >= 15 is 0 Å². The molecular weight excluding hydrogens is 636 g/mol. The fraction of sp³-hybridized carbons (Fsp3) is 0.405. The minimum absolute atomic E-state index is 0.187. The summed E-state index contributed by atoms with van der Waals surface area (Å²) in [6.45, 7) is 0.898. The molecule has 49 heavy (non-hydrogen) atoms. The molecule has 0 saturated carbocycles. The van der Waals surface area contributed by atoms with Crippen molar-refractivity contribution in [1.29, 1.82) is 0 Å². The number of methoxy groups -OCH3 is 2. The Bertz CT molecular complexity index is 1300. The lowest BCUT2D eigenvalue weighted by atomic mass is 10.1. The van der Waals surface area contributed by atoms with Gasteiger partial charge in [-0.25, -0.2) is 19.2 Å². The van der Waals surface area contributed by atoms with Crippen LogP contribution in [-0.4, -0.2) is 76.5 Å². The van der Waals surface area contributed by atoms with E-state index in [1.54, 1.807) is 60.7 Å². The summed E-state index contributed by atoms with van der Waals surface area (Å²) in [7, 11) is 2.59. The number of benzene rings is 2. The minimum Gasteiger partial charge on any atom is -0.466 e. The molecule has 0 bridgehead atoms. The molecule has 0 atom stereocenters. The van der Waals surface area contributed by atoms with Crippen LogP contribution in [0.4, 0.5) is 0 Å². The van der Waals surface area contributed by atoms with Gasteiger partial charge in [-0.05, 0) is 98.9 Å². The molecule has 12 nitrogen and oxygen atoms in total. The van der Waals surface area contributed by atoms with Gasteiger partial charge in [-0.3, -0.25) is 9.59 Å². The Balaban J connectivity index is 1.42. The standard InChI is InChI=1S/C37H44O12/c1-44-32(38)21-15-28-11-17-30(18-12-28)36(42)48-25-9-5-3-7-23-46-34(40)27-35(41)47-24-8-4-6-10-26-49-37(43)31-19-13-29(14-20-31)16-22-33(39)45-2/h11-22H,3-10,23-27H2,1-2H3. The molecule has 2 aromatic carbocycles. The van der Waals surface area contributed by atoms with Crippen LogP contribution in [0.1, 0.15) is 89.6 Å². The zero-order chi connectivity index (χ0) is 35.7. The molecule has 0 fully saturated rings. The summed E-state index contributed by atoms with van der Waals surface area (Å²) in [6.07, 6.45) is 10.9. The van der Waals surface area contributed by atoms with Crippen molar-refractivity contribution >= 4 is 48.0 Å². The van der Waals surface area contributed by atoms with Gasteiger partial charge in [0.1, 0.15) is 6.42 Å². The van der Waals surface area contributed by atoms with Crippen molar-refractivity contribution in [2.24, 2.45) is 0 Å². The lowest BCUT2D eigenvalue weighted by Gasteiger charge is -2.07. The molecule has 12 heteroatoms. The molecule has 0 aromatic heterocycles. The van der Waals surface area contributed by atoms with E-state index in [1.807, 2.05) is 0 Å². The van der Waals surface area contributed by atoms with Crippen molar-refractivity contribution in [3.8, 4) is 0 Å². The summed E-state index contributed by atoms with van der Waals surface area (Å²) in [5.41, 5.74) is 2.31. The number of ether oxygens (including phenoxy) is 6. The van der Waals surface area contributed by atoms with Crippen molar-refractivity contribution in [2.45, 2.75) is 57.8 Å². The van der Waals surface area contributed by atoms with E-state index in [0.717, 1.165) is 36.8 Å². The van der Waals surface area contributed by atoms with Gasteiger partial charge in [-0.15, -0.1) is 0 Å². The minimum atomic E-state index is -0.639. The van der Waals surface area contributed by atoms with E-state index in [2.05, 4.69) is 9.47 Å². The predicted molar refractivity (Wildman–Crippen MR) is 179 cm³/mol. The Morgan fingerprint density at radius 1 is 0.469 bits per heavy atom. The SMILES string of the molecule is COC(=O)C=Cc1ccc(C(=O)OCCCCCCOC(=O)CC(=O)OCCCCCCOC(=O)c2ccc(C=CC(=O)OC)cc2)cc1. The van der Waals surface area contributed by atoms with E-state index < -0.39 is 42.2 Å². The number of hydrogen-bond donors (Lipinski definition) is 0. The molecule has 0 aliphatic heterocycles. The van der Waals surface area contributed by atoms with Crippen LogP contribution in [-0.2, 0) is 47.6 Å². The van der Waals surface area contributed by atoms with E-state index in [1.165, 1.54) is 26.4 Å². The van der Waals surface area contributed by atoms with Crippen LogP contribution in [0.3, 0.4) is 0 Å².